The summed E-state index contributed by atoms with van der Waals surface area (Å²) < 4.78 is 14.0. The van der Waals surface area contributed by atoms with Gasteiger partial charge in [-0.1, -0.05) is 67.1 Å². The zero-order valence-electron chi connectivity index (χ0n) is 17.8. The summed E-state index contributed by atoms with van der Waals surface area (Å²) >= 11 is 6.41. The Morgan fingerprint density at radius 3 is 2.33 bits per heavy atom. The van der Waals surface area contributed by atoms with Crippen LogP contribution < -0.4 is 10.2 Å². The molecule has 5 nitrogen and oxygen atoms in total. The van der Waals surface area contributed by atoms with Crippen molar-refractivity contribution in [3.05, 3.63) is 105 Å². The average Bonchev–Trinajstić information content (AvgIpc) is 2.80. The first kappa shape index (κ1) is 22.4. The van der Waals surface area contributed by atoms with E-state index in [2.05, 4.69) is 5.32 Å². The summed E-state index contributed by atoms with van der Waals surface area (Å²) in [6.07, 6.45) is 2.31. The van der Waals surface area contributed by atoms with Gasteiger partial charge >= 0.3 is 6.03 Å². The van der Waals surface area contributed by atoms with Crippen molar-refractivity contribution < 1.29 is 18.8 Å². The molecule has 0 bridgehead atoms. The van der Waals surface area contributed by atoms with Crippen molar-refractivity contribution in [3.63, 3.8) is 0 Å². The van der Waals surface area contributed by atoms with Gasteiger partial charge in [0.25, 0.3) is 11.8 Å². The number of nitrogens with one attached hydrogen (secondary N) is 1. The molecule has 1 N–H and O–H groups in total. The van der Waals surface area contributed by atoms with Gasteiger partial charge in [0.1, 0.15) is 11.4 Å². The smallest absolute Gasteiger partial charge is 0.273 e. The first-order chi connectivity index (χ1) is 15.9. The lowest BCUT2D eigenvalue weighted by Gasteiger charge is -2.28. The van der Waals surface area contributed by atoms with Gasteiger partial charge in [0.2, 0.25) is 0 Å². The topological polar surface area (TPSA) is 66.5 Å². The van der Waals surface area contributed by atoms with E-state index in [0.717, 1.165) is 10.5 Å². The molecule has 166 valence electrons. The highest BCUT2D eigenvalue weighted by atomic mass is 35.5. The summed E-state index contributed by atoms with van der Waals surface area (Å²) in [5.74, 6) is -1.81. The van der Waals surface area contributed by atoms with Crippen LogP contribution >= 0.6 is 11.6 Å². The zero-order valence-corrected chi connectivity index (χ0v) is 18.5. The van der Waals surface area contributed by atoms with Crippen LogP contribution in [-0.4, -0.2) is 17.8 Å². The van der Waals surface area contributed by atoms with Crippen molar-refractivity contribution >= 4 is 41.2 Å². The molecule has 1 aliphatic heterocycles. The molecule has 7 heteroatoms. The molecular weight excluding hydrogens is 443 g/mol. The number of barbiturate groups is 1. The predicted octanol–water partition coefficient (Wildman–Crippen LogP) is 5.30. The normalized spacial score (nSPS) is 15.2. The van der Waals surface area contributed by atoms with E-state index >= 15 is 0 Å². The lowest BCUT2D eigenvalue weighted by atomic mass is 10.0. The molecule has 1 saturated heterocycles. The van der Waals surface area contributed by atoms with Gasteiger partial charge in [0, 0.05) is 11.4 Å². The fourth-order valence-electron chi connectivity index (χ4n) is 3.71. The summed E-state index contributed by atoms with van der Waals surface area (Å²) in [6.45, 7) is 1.91. The molecule has 0 radical (unpaired) electrons. The van der Waals surface area contributed by atoms with Crippen molar-refractivity contribution in [2.75, 3.05) is 4.90 Å². The molecule has 33 heavy (non-hydrogen) atoms. The molecular formula is C26H20ClFN2O3. The number of aryl methyl sites for hydroxylation is 1. The van der Waals surface area contributed by atoms with Crippen LogP contribution in [0, 0.1) is 5.82 Å². The Bertz CT molecular complexity index is 1300. The van der Waals surface area contributed by atoms with Crippen LogP contribution in [0.25, 0.3) is 6.08 Å². The highest BCUT2D eigenvalue weighted by molar-refractivity contribution is 6.39. The molecule has 1 fully saturated rings. The van der Waals surface area contributed by atoms with Crippen LogP contribution in [-0.2, 0) is 22.4 Å². The minimum absolute atomic E-state index is 0.182. The van der Waals surface area contributed by atoms with E-state index in [1.807, 2.05) is 19.1 Å². The fraction of sp³-hybridized carbons (Fsp3) is 0.115. The molecule has 0 unspecified atom stereocenters. The molecule has 0 spiro atoms. The number of hydrogen-bond donors (Lipinski definition) is 1. The maximum absolute atomic E-state index is 14.0. The number of halogens is 2. The second kappa shape index (κ2) is 9.38. The quantitative estimate of drug-likeness (QED) is 0.413. The van der Waals surface area contributed by atoms with Crippen LogP contribution in [0.5, 0.6) is 0 Å². The van der Waals surface area contributed by atoms with Crippen molar-refractivity contribution in [2.24, 2.45) is 0 Å². The van der Waals surface area contributed by atoms with Gasteiger partial charge in [0.05, 0.1) is 5.69 Å². The van der Waals surface area contributed by atoms with Gasteiger partial charge in [-0.2, -0.15) is 0 Å². The van der Waals surface area contributed by atoms with Gasteiger partial charge in [-0.25, -0.2) is 14.1 Å². The van der Waals surface area contributed by atoms with E-state index < -0.39 is 17.8 Å². The van der Waals surface area contributed by atoms with Gasteiger partial charge < -0.3 is 0 Å². The van der Waals surface area contributed by atoms with Crippen molar-refractivity contribution in [2.45, 2.75) is 19.8 Å². The molecule has 3 aromatic rings. The Morgan fingerprint density at radius 2 is 1.64 bits per heavy atom. The number of carbonyl (C=O) groups is 3. The number of nitrogens with zero attached hydrogens (tertiary/aromatic N) is 1. The van der Waals surface area contributed by atoms with Crippen LogP contribution in [0.1, 0.15) is 29.2 Å². The number of amides is 4. The molecule has 1 aliphatic rings. The summed E-state index contributed by atoms with van der Waals surface area (Å²) in [5, 5.41) is 2.60. The third kappa shape index (κ3) is 4.56. The van der Waals surface area contributed by atoms with Crippen molar-refractivity contribution in [1.29, 1.82) is 0 Å². The molecule has 4 amide bonds. The third-order valence-corrected chi connectivity index (χ3v) is 5.79. The van der Waals surface area contributed by atoms with Crippen LogP contribution in [0.2, 0.25) is 5.02 Å². The fourth-order valence-corrected chi connectivity index (χ4v) is 3.97. The molecule has 0 aromatic heterocycles. The monoisotopic (exact) mass is 462 g/mol. The van der Waals surface area contributed by atoms with E-state index in [-0.39, 0.29) is 11.4 Å². The Balaban J connectivity index is 1.65. The third-order valence-electron chi connectivity index (χ3n) is 5.44. The Hall–Kier alpha value is -3.77. The second-order valence-corrected chi connectivity index (χ2v) is 7.97. The summed E-state index contributed by atoms with van der Waals surface area (Å²) in [6, 6.07) is 17.7. The van der Waals surface area contributed by atoms with Gasteiger partial charge in [-0.15, -0.1) is 0 Å². The van der Waals surface area contributed by atoms with Crippen LogP contribution in [0.3, 0.4) is 0 Å². The van der Waals surface area contributed by atoms with E-state index in [1.54, 1.807) is 48.5 Å². The largest absolute Gasteiger partial charge is 0.335 e. The van der Waals surface area contributed by atoms with Crippen molar-refractivity contribution in [1.82, 2.24) is 5.32 Å². The van der Waals surface area contributed by atoms with Gasteiger partial charge in [0.15, 0.2) is 0 Å². The summed E-state index contributed by atoms with van der Waals surface area (Å²) in [5.41, 5.74) is 2.77. The van der Waals surface area contributed by atoms with Crippen molar-refractivity contribution in [3.8, 4) is 0 Å². The standard InChI is InChI=1S/C26H20ClFN2O3/c1-2-17-7-4-6-10-23(17)30-25(32)20(24(31)29-26(30)33)13-16-11-12-18(21(27)14-16)15-19-8-3-5-9-22(19)28/h3-14H,2,15H2,1H3,(H,29,31,33)/b20-13-. The summed E-state index contributed by atoms with van der Waals surface area (Å²) in [4.78, 5) is 39.1. The maximum atomic E-state index is 14.0. The number of benzene rings is 3. The SMILES string of the molecule is CCc1ccccc1N1C(=O)NC(=O)/C(=C/c2ccc(Cc3ccccc3F)c(Cl)c2)C1=O. The molecule has 0 aliphatic carbocycles. The lowest BCUT2D eigenvalue weighted by Crippen LogP contribution is -2.54. The highest BCUT2D eigenvalue weighted by Gasteiger charge is 2.37. The first-order valence-electron chi connectivity index (χ1n) is 10.4. The number of anilines is 1. The van der Waals surface area contributed by atoms with Crippen LogP contribution in [0.4, 0.5) is 14.9 Å². The van der Waals surface area contributed by atoms with E-state index in [9.17, 15) is 18.8 Å². The zero-order chi connectivity index (χ0) is 23.5. The van der Waals surface area contributed by atoms with Crippen LogP contribution in [0.15, 0.2) is 72.3 Å². The maximum Gasteiger partial charge on any atom is 0.335 e. The molecule has 0 atom stereocenters. The van der Waals surface area contributed by atoms with Gasteiger partial charge in [-0.05, 0) is 52.9 Å². The molecule has 0 saturated carbocycles. The Morgan fingerprint density at radius 1 is 0.939 bits per heavy atom. The first-order valence-corrected chi connectivity index (χ1v) is 10.8. The van der Waals surface area contributed by atoms with E-state index in [4.69, 9.17) is 11.6 Å². The number of rotatable bonds is 5. The number of carbonyl (C=O) groups excluding carboxylic acids is 3. The number of imide groups is 2. The molecule has 1 heterocycles. The number of hydrogen-bond acceptors (Lipinski definition) is 3. The second-order valence-electron chi connectivity index (χ2n) is 7.56. The highest BCUT2D eigenvalue weighted by Crippen LogP contribution is 2.27. The summed E-state index contributed by atoms with van der Waals surface area (Å²) in [7, 11) is 0. The van der Waals surface area contributed by atoms with E-state index in [1.165, 1.54) is 12.1 Å². The minimum atomic E-state index is -0.790. The minimum Gasteiger partial charge on any atom is -0.273 e. The predicted molar refractivity (Wildman–Crippen MR) is 125 cm³/mol. The van der Waals surface area contributed by atoms with E-state index in [0.29, 0.717) is 40.2 Å². The molecule has 4 rings (SSSR count). The number of para-hydroxylation sites is 1. The average molecular weight is 463 g/mol. The lowest BCUT2D eigenvalue weighted by molar-refractivity contribution is -0.122. The van der Waals surface area contributed by atoms with Gasteiger partial charge in [-0.3, -0.25) is 14.9 Å². The Labute approximate surface area is 195 Å². The number of urea groups is 1. The Kier molecular flexibility index (Phi) is 6.38. The molecule has 3 aromatic carbocycles.